The van der Waals surface area contributed by atoms with Crippen LogP contribution in [0.3, 0.4) is 0 Å². The molecule has 0 saturated carbocycles. The summed E-state index contributed by atoms with van der Waals surface area (Å²) in [5.41, 5.74) is 6.34. The number of hydrogen-bond donors (Lipinski definition) is 2. The van der Waals surface area contributed by atoms with Crippen molar-refractivity contribution in [2.24, 2.45) is 16.6 Å². The van der Waals surface area contributed by atoms with Gasteiger partial charge < -0.3 is 10.8 Å². The van der Waals surface area contributed by atoms with E-state index in [2.05, 4.69) is 18.8 Å². The van der Waals surface area contributed by atoms with Crippen molar-refractivity contribution in [1.29, 1.82) is 0 Å². The lowest BCUT2D eigenvalue weighted by Crippen LogP contribution is -2.23. The maximum Gasteiger partial charge on any atom is 0.0857 e. The van der Waals surface area contributed by atoms with Gasteiger partial charge in [0.15, 0.2) is 0 Å². The van der Waals surface area contributed by atoms with Crippen molar-refractivity contribution in [3.63, 3.8) is 0 Å². The van der Waals surface area contributed by atoms with Gasteiger partial charge in [-0.2, -0.15) is 0 Å². The Labute approximate surface area is 74.7 Å². The second kappa shape index (κ2) is 6.14. The zero-order valence-corrected chi connectivity index (χ0v) is 8.25. The maximum atomic E-state index is 9.11. The first-order valence-corrected chi connectivity index (χ1v) is 4.44. The predicted octanol–water partition coefficient (Wildman–Crippen LogP) is 0.813. The summed E-state index contributed by atoms with van der Waals surface area (Å²) in [4.78, 5) is 4.22. The number of nitrogens with zero attached hydrogens (tertiary/aromatic N) is 1. The Hall–Kier alpha value is -0.410. The van der Waals surface area contributed by atoms with Crippen LogP contribution in [-0.2, 0) is 0 Å². The van der Waals surface area contributed by atoms with Gasteiger partial charge >= 0.3 is 0 Å². The zero-order chi connectivity index (χ0) is 9.56. The van der Waals surface area contributed by atoms with Crippen molar-refractivity contribution < 1.29 is 5.11 Å². The summed E-state index contributed by atoms with van der Waals surface area (Å²) in [5.74, 6) is 0.628. The van der Waals surface area contributed by atoms with Gasteiger partial charge in [0.2, 0.25) is 0 Å². The molecule has 3 nitrogen and oxygen atoms in total. The van der Waals surface area contributed by atoms with Gasteiger partial charge in [0.1, 0.15) is 0 Å². The van der Waals surface area contributed by atoms with E-state index in [-0.39, 0.29) is 0 Å². The minimum atomic E-state index is -0.480. The molecule has 0 spiro atoms. The quantitative estimate of drug-likeness (QED) is 0.603. The fraction of sp³-hybridized carbons (Fsp3) is 0.889. The Bertz CT molecular complexity index is 143. The van der Waals surface area contributed by atoms with Crippen LogP contribution in [0.1, 0.15) is 27.2 Å². The highest BCUT2D eigenvalue weighted by atomic mass is 16.3. The molecule has 0 heterocycles. The highest BCUT2D eigenvalue weighted by molar-refractivity contribution is 5.82. The average molecular weight is 172 g/mol. The summed E-state index contributed by atoms with van der Waals surface area (Å²) in [6.07, 6.45) is 0.518. The third-order valence-electron chi connectivity index (χ3n) is 1.55. The molecular weight excluding hydrogens is 152 g/mol. The summed E-state index contributed by atoms with van der Waals surface area (Å²) < 4.78 is 0. The van der Waals surface area contributed by atoms with Gasteiger partial charge in [-0.25, -0.2) is 0 Å². The monoisotopic (exact) mass is 172 g/mol. The van der Waals surface area contributed by atoms with Crippen molar-refractivity contribution in [1.82, 2.24) is 0 Å². The number of aliphatic hydroxyl groups excluding tert-OH is 1. The normalized spacial score (nSPS) is 15.3. The number of hydrogen-bond acceptors (Lipinski definition) is 3. The molecule has 0 saturated heterocycles. The van der Waals surface area contributed by atoms with E-state index in [9.17, 15) is 0 Å². The SMILES string of the molecule is C/C(CC(C)C)=N\CC(O)CN. The van der Waals surface area contributed by atoms with Crippen LogP contribution in [0.5, 0.6) is 0 Å². The van der Waals surface area contributed by atoms with Crippen LogP contribution in [0.25, 0.3) is 0 Å². The average Bonchev–Trinajstić information content (AvgIpc) is 1.99. The molecule has 0 aliphatic heterocycles. The van der Waals surface area contributed by atoms with E-state index in [1.165, 1.54) is 0 Å². The predicted molar refractivity (Wildman–Crippen MR) is 52.5 cm³/mol. The number of aliphatic hydroxyl groups is 1. The van der Waals surface area contributed by atoms with Crippen LogP contribution in [0.15, 0.2) is 4.99 Å². The van der Waals surface area contributed by atoms with Gasteiger partial charge in [0, 0.05) is 12.3 Å². The molecule has 3 N–H and O–H groups in total. The highest BCUT2D eigenvalue weighted by Crippen LogP contribution is 2.01. The minimum Gasteiger partial charge on any atom is -0.390 e. The van der Waals surface area contributed by atoms with Crippen molar-refractivity contribution in [2.75, 3.05) is 13.1 Å². The molecule has 0 amide bonds. The van der Waals surface area contributed by atoms with Crippen molar-refractivity contribution in [3.8, 4) is 0 Å². The molecule has 0 radical (unpaired) electrons. The van der Waals surface area contributed by atoms with E-state index in [4.69, 9.17) is 10.8 Å². The lowest BCUT2D eigenvalue weighted by molar-refractivity contribution is 0.192. The van der Waals surface area contributed by atoms with E-state index in [1.54, 1.807) is 0 Å². The summed E-state index contributed by atoms with van der Waals surface area (Å²) >= 11 is 0. The second-order valence-corrected chi connectivity index (χ2v) is 3.56. The zero-order valence-electron chi connectivity index (χ0n) is 8.25. The standard InChI is InChI=1S/C9H20N2O/c1-7(2)4-8(3)11-6-9(12)5-10/h7,9,12H,4-6,10H2,1-3H3/b11-8+. The van der Waals surface area contributed by atoms with Crippen LogP contribution in [-0.4, -0.2) is 30.0 Å². The summed E-state index contributed by atoms with van der Waals surface area (Å²) in [6, 6.07) is 0. The largest absolute Gasteiger partial charge is 0.390 e. The first-order valence-electron chi connectivity index (χ1n) is 4.44. The first kappa shape index (κ1) is 11.6. The molecule has 1 unspecified atom stereocenters. The van der Waals surface area contributed by atoms with Crippen molar-refractivity contribution in [3.05, 3.63) is 0 Å². The van der Waals surface area contributed by atoms with Crippen molar-refractivity contribution in [2.45, 2.75) is 33.3 Å². The van der Waals surface area contributed by atoms with Gasteiger partial charge in [-0.1, -0.05) is 13.8 Å². The molecule has 72 valence electrons. The van der Waals surface area contributed by atoms with Crippen LogP contribution in [0, 0.1) is 5.92 Å². The number of aliphatic imine (C=N–C) groups is 1. The van der Waals surface area contributed by atoms with E-state index in [0.29, 0.717) is 19.0 Å². The molecule has 0 bridgehead atoms. The molecule has 0 aliphatic rings. The molecule has 1 atom stereocenters. The van der Waals surface area contributed by atoms with Gasteiger partial charge in [-0.3, -0.25) is 4.99 Å². The number of nitrogens with two attached hydrogens (primary N) is 1. The third-order valence-corrected chi connectivity index (χ3v) is 1.55. The Morgan fingerprint density at radius 2 is 2.08 bits per heavy atom. The summed E-state index contributed by atoms with van der Waals surface area (Å²) in [5, 5.41) is 9.11. The van der Waals surface area contributed by atoms with Gasteiger partial charge in [-0.15, -0.1) is 0 Å². The third kappa shape index (κ3) is 6.31. The molecule has 3 heteroatoms. The van der Waals surface area contributed by atoms with E-state index in [0.717, 1.165) is 12.1 Å². The molecule has 0 aromatic carbocycles. The minimum absolute atomic E-state index is 0.290. The fourth-order valence-corrected chi connectivity index (χ4v) is 0.991. The van der Waals surface area contributed by atoms with Crippen LogP contribution in [0.2, 0.25) is 0 Å². The molecule has 0 aromatic rings. The second-order valence-electron chi connectivity index (χ2n) is 3.56. The molecule has 0 rings (SSSR count). The maximum absolute atomic E-state index is 9.11. The smallest absolute Gasteiger partial charge is 0.0857 e. The Morgan fingerprint density at radius 3 is 2.50 bits per heavy atom. The van der Waals surface area contributed by atoms with E-state index >= 15 is 0 Å². The van der Waals surface area contributed by atoms with Crippen LogP contribution in [0.4, 0.5) is 0 Å². The number of rotatable bonds is 5. The lowest BCUT2D eigenvalue weighted by atomic mass is 10.1. The highest BCUT2D eigenvalue weighted by Gasteiger charge is 2.00. The Kier molecular flexibility index (Phi) is 5.93. The molecule has 0 aromatic heterocycles. The topological polar surface area (TPSA) is 58.6 Å². The van der Waals surface area contributed by atoms with Crippen LogP contribution >= 0.6 is 0 Å². The lowest BCUT2D eigenvalue weighted by Gasteiger charge is -2.06. The van der Waals surface area contributed by atoms with E-state index < -0.39 is 6.10 Å². The molecular formula is C9H20N2O. The molecule has 12 heavy (non-hydrogen) atoms. The van der Waals surface area contributed by atoms with Gasteiger partial charge in [-0.05, 0) is 19.3 Å². The van der Waals surface area contributed by atoms with Crippen LogP contribution < -0.4 is 5.73 Å². The Balaban J connectivity index is 3.68. The Morgan fingerprint density at radius 1 is 1.50 bits per heavy atom. The summed E-state index contributed by atoms with van der Waals surface area (Å²) in [7, 11) is 0. The summed E-state index contributed by atoms with van der Waals surface area (Å²) in [6.45, 7) is 7.02. The molecule has 0 fully saturated rings. The van der Waals surface area contributed by atoms with Crippen molar-refractivity contribution >= 4 is 5.71 Å². The first-order chi connectivity index (χ1) is 5.56. The molecule has 0 aliphatic carbocycles. The van der Waals surface area contributed by atoms with E-state index in [1.807, 2.05) is 6.92 Å². The fourth-order valence-electron chi connectivity index (χ4n) is 0.991. The van der Waals surface area contributed by atoms with Gasteiger partial charge in [0.25, 0.3) is 0 Å². The van der Waals surface area contributed by atoms with Gasteiger partial charge in [0.05, 0.1) is 12.6 Å².